The van der Waals surface area contributed by atoms with Crippen LogP contribution < -0.4 is 0 Å². The van der Waals surface area contributed by atoms with Crippen molar-refractivity contribution in [3.05, 3.63) is 0 Å². The molecule has 0 unspecified atom stereocenters. The molecule has 0 aliphatic heterocycles. The number of hydrogen-bond donors (Lipinski definition) is 6. The molecule has 0 aromatic carbocycles. The van der Waals surface area contributed by atoms with E-state index >= 15 is 0 Å². The van der Waals surface area contributed by atoms with Gasteiger partial charge in [-0.15, -0.1) is 0 Å². The maximum Gasteiger partial charge on any atom is 0.526 e. The molecule has 0 atom stereocenters. The number of phosphoric ester groups is 1. The second kappa shape index (κ2) is 9.95. The first kappa shape index (κ1) is 19.3. The number of carboxylic acids is 1. The summed E-state index contributed by atoms with van der Waals surface area (Å²) in [5.41, 5.74) is 0. The molecule has 0 radical (unpaired) electrons. The normalized spacial score (nSPS) is 10.6. The quantitative estimate of drug-likeness (QED) is 0.294. The molecule has 18 heavy (non-hydrogen) atoms. The van der Waals surface area contributed by atoms with Gasteiger partial charge in [-0.05, 0) is 0 Å². The molecule has 0 aromatic rings. The molecule has 0 amide bonds. The van der Waals surface area contributed by atoms with E-state index in [2.05, 4.69) is 4.52 Å². The molecule has 0 heterocycles. The average Bonchev–Trinajstić information content (AvgIpc) is 2.24. The Morgan fingerprint density at radius 3 is 1.78 bits per heavy atom. The molecule has 11 heteroatoms. The van der Waals surface area contributed by atoms with Crippen LogP contribution in [-0.4, -0.2) is 61.5 Å². The first-order valence-electron chi connectivity index (χ1n) is 4.52. The second-order valence-corrected chi connectivity index (χ2v) is 4.03. The summed E-state index contributed by atoms with van der Waals surface area (Å²) in [6.07, 6.45) is -2.02. The summed E-state index contributed by atoms with van der Waals surface area (Å²) in [4.78, 5) is 36.4. The highest BCUT2D eigenvalue weighted by atomic mass is 31.2. The number of carbonyl (C=O) groups excluding carboxylic acids is 1. The monoisotopic (exact) mass is 290 g/mol. The molecule has 0 saturated carbocycles. The number of carbonyl (C=O) groups is 2. The zero-order valence-corrected chi connectivity index (χ0v) is 10.1. The largest absolute Gasteiger partial charge is 0.526 e. The molecule has 0 aliphatic rings. The van der Waals surface area contributed by atoms with Crippen LogP contribution in [0.15, 0.2) is 0 Å². The van der Waals surface area contributed by atoms with Gasteiger partial charge in [0, 0.05) is 0 Å². The molecule has 0 saturated heterocycles. The van der Waals surface area contributed by atoms with E-state index in [1.807, 2.05) is 0 Å². The van der Waals surface area contributed by atoms with Crippen molar-refractivity contribution in [1.29, 1.82) is 0 Å². The Morgan fingerprint density at radius 2 is 1.56 bits per heavy atom. The second-order valence-electron chi connectivity index (χ2n) is 2.87. The van der Waals surface area contributed by atoms with Crippen LogP contribution in [0.4, 0.5) is 0 Å². The van der Waals surface area contributed by atoms with E-state index in [9.17, 15) is 14.2 Å². The van der Waals surface area contributed by atoms with E-state index in [0.29, 0.717) is 0 Å². The molecule has 108 valence electrons. The van der Waals surface area contributed by atoms with Gasteiger partial charge in [-0.25, -0.2) is 4.57 Å². The Morgan fingerprint density at radius 1 is 1.11 bits per heavy atom. The molecule has 0 aromatic heterocycles. The predicted molar refractivity (Wildman–Crippen MR) is 55.2 cm³/mol. The van der Waals surface area contributed by atoms with Crippen LogP contribution in [0.5, 0.6) is 0 Å². The smallest absolute Gasteiger partial charge is 0.481 e. The van der Waals surface area contributed by atoms with Crippen LogP contribution in [0.1, 0.15) is 12.8 Å². The number of aliphatic carboxylic acids is 1. The van der Waals surface area contributed by atoms with Crippen molar-refractivity contribution in [2.45, 2.75) is 18.9 Å². The lowest BCUT2D eigenvalue weighted by Crippen LogP contribution is -2.15. The van der Waals surface area contributed by atoms with Crippen molar-refractivity contribution in [3.63, 3.8) is 0 Å². The first-order valence-corrected chi connectivity index (χ1v) is 6.05. The van der Waals surface area contributed by atoms with E-state index < -0.39 is 38.7 Å². The van der Waals surface area contributed by atoms with Gasteiger partial charge in [0.25, 0.3) is 0 Å². The summed E-state index contributed by atoms with van der Waals surface area (Å²) >= 11 is 0. The zero-order valence-electron chi connectivity index (χ0n) is 9.17. The van der Waals surface area contributed by atoms with Crippen molar-refractivity contribution in [3.8, 4) is 0 Å². The molecule has 0 bridgehead atoms. The van der Waals surface area contributed by atoms with Crippen LogP contribution in [-0.2, 0) is 18.7 Å². The fourth-order valence-corrected chi connectivity index (χ4v) is 0.802. The van der Waals surface area contributed by atoms with E-state index in [1.165, 1.54) is 0 Å². The molecular formula is C7H15O10P. The van der Waals surface area contributed by atoms with Gasteiger partial charge in [0.1, 0.15) is 6.10 Å². The summed E-state index contributed by atoms with van der Waals surface area (Å²) in [7, 11) is -4.82. The van der Waals surface area contributed by atoms with Crippen LogP contribution in [0.2, 0.25) is 0 Å². The summed E-state index contributed by atoms with van der Waals surface area (Å²) < 4.78 is 13.5. The van der Waals surface area contributed by atoms with Gasteiger partial charge in [-0.3, -0.25) is 19.4 Å². The summed E-state index contributed by atoms with van der Waals surface area (Å²) in [6.45, 7) is -0.729. The van der Waals surface area contributed by atoms with Crippen molar-refractivity contribution in [2.75, 3.05) is 13.2 Å². The minimum absolute atomic E-state index is 0.365. The third-order valence-electron chi connectivity index (χ3n) is 1.19. The molecule has 6 N–H and O–H groups in total. The van der Waals surface area contributed by atoms with Gasteiger partial charge in [0.15, 0.2) is 0 Å². The van der Waals surface area contributed by atoms with E-state index in [0.717, 1.165) is 0 Å². The summed E-state index contributed by atoms with van der Waals surface area (Å²) in [5, 5.41) is 32.1. The molecular weight excluding hydrogens is 275 g/mol. The fraction of sp³-hybridized carbons (Fsp3) is 0.714. The van der Waals surface area contributed by atoms with Gasteiger partial charge >= 0.3 is 19.8 Å². The van der Waals surface area contributed by atoms with Crippen LogP contribution in [0, 0.1) is 0 Å². The predicted octanol–water partition coefficient (Wildman–Crippen LogP) is -2.18. The Labute approximate surface area is 102 Å². The number of aliphatic hydroxyl groups is 3. The number of hydrogen-bond acceptors (Lipinski definition) is 7. The molecule has 10 nitrogen and oxygen atoms in total. The lowest BCUT2D eigenvalue weighted by atomic mass is 10.3. The standard InChI is InChI=1S/C4H7O7P.C3H8O3/c5-3(6)1-2-4(7)11-12(8,9)10;4-1-3(6)2-5/h1-2H2,(H,5,6)(H2,8,9,10);3-6H,1-2H2. The average molecular weight is 290 g/mol. The van der Waals surface area contributed by atoms with E-state index in [1.54, 1.807) is 0 Å². The van der Waals surface area contributed by atoms with E-state index in [4.69, 9.17) is 30.2 Å². The Kier molecular flexibility index (Phi) is 10.7. The third kappa shape index (κ3) is 17.4. The zero-order chi connectivity index (χ0) is 14.8. The van der Waals surface area contributed by atoms with Crippen molar-refractivity contribution in [2.24, 2.45) is 0 Å². The number of phosphoric acid groups is 1. The summed E-state index contributed by atoms with van der Waals surface area (Å²) in [5.74, 6) is -2.47. The Bertz CT molecular complexity index is 293. The highest BCUT2D eigenvalue weighted by Crippen LogP contribution is 2.36. The van der Waals surface area contributed by atoms with Gasteiger partial charge < -0.3 is 24.9 Å². The maximum absolute atomic E-state index is 10.4. The third-order valence-corrected chi connectivity index (χ3v) is 1.63. The Hall–Kier alpha value is -1.03. The highest BCUT2D eigenvalue weighted by molar-refractivity contribution is 7.46. The van der Waals surface area contributed by atoms with Crippen LogP contribution in [0.25, 0.3) is 0 Å². The topological polar surface area (TPSA) is 182 Å². The lowest BCUT2D eigenvalue weighted by Gasteiger charge is -2.02. The lowest BCUT2D eigenvalue weighted by molar-refractivity contribution is -0.142. The van der Waals surface area contributed by atoms with Gasteiger partial charge in [0.05, 0.1) is 26.1 Å². The summed E-state index contributed by atoms with van der Waals surface area (Å²) in [6, 6.07) is 0. The van der Waals surface area contributed by atoms with Gasteiger partial charge in [-0.1, -0.05) is 0 Å². The minimum Gasteiger partial charge on any atom is -0.481 e. The van der Waals surface area contributed by atoms with Crippen LogP contribution >= 0.6 is 7.82 Å². The van der Waals surface area contributed by atoms with Crippen molar-refractivity contribution < 1.29 is 48.9 Å². The molecule has 0 aliphatic carbocycles. The maximum atomic E-state index is 10.4. The fourth-order valence-electron chi connectivity index (χ4n) is 0.445. The number of carboxylic acid groups (broad SMARTS) is 1. The highest BCUT2D eigenvalue weighted by Gasteiger charge is 2.20. The van der Waals surface area contributed by atoms with Crippen molar-refractivity contribution >= 4 is 19.8 Å². The minimum atomic E-state index is -4.82. The van der Waals surface area contributed by atoms with Crippen molar-refractivity contribution in [1.82, 2.24) is 0 Å². The number of aliphatic hydroxyl groups excluding tert-OH is 3. The van der Waals surface area contributed by atoms with Gasteiger partial charge in [-0.2, -0.15) is 0 Å². The SMILES string of the molecule is O=C(O)CCC(=O)OP(=O)(O)O.OCC(O)CO. The van der Waals surface area contributed by atoms with Gasteiger partial charge in [0.2, 0.25) is 0 Å². The molecule has 0 rings (SSSR count). The molecule has 0 fully saturated rings. The van der Waals surface area contributed by atoms with E-state index in [-0.39, 0.29) is 13.2 Å². The molecule has 0 spiro atoms. The van der Waals surface area contributed by atoms with Crippen LogP contribution in [0.3, 0.4) is 0 Å². The number of rotatable bonds is 6. The first-order chi connectivity index (χ1) is 8.12. The Balaban J connectivity index is 0.